The first-order chi connectivity index (χ1) is 11.7. The van der Waals surface area contributed by atoms with Crippen molar-refractivity contribution in [1.82, 2.24) is 4.90 Å². The van der Waals surface area contributed by atoms with Crippen LogP contribution in [0, 0.1) is 0 Å². The summed E-state index contributed by atoms with van der Waals surface area (Å²) < 4.78 is 0. The van der Waals surface area contributed by atoms with Gasteiger partial charge < -0.3 is 5.73 Å². The molecule has 2 N–H and O–H groups in total. The molecule has 1 atom stereocenters. The van der Waals surface area contributed by atoms with Crippen molar-refractivity contribution in [2.45, 2.75) is 45.2 Å². The number of fused-ring (bicyclic) bond motifs is 1. The third-order valence-electron chi connectivity index (χ3n) is 4.95. The van der Waals surface area contributed by atoms with E-state index in [1.54, 1.807) is 0 Å². The number of carbonyl (C=O) groups excluding carboxylic acids is 1. The van der Waals surface area contributed by atoms with Gasteiger partial charge in [0.15, 0.2) is 0 Å². The maximum absolute atomic E-state index is 11.5. The average molecular weight is 322 g/mol. The molecule has 2 aromatic carbocycles. The fourth-order valence-corrected chi connectivity index (χ4v) is 3.70. The molecule has 126 valence electrons. The zero-order chi connectivity index (χ0) is 16.9. The van der Waals surface area contributed by atoms with Crippen LogP contribution >= 0.6 is 0 Å². The minimum atomic E-state index is -0.338. The van der Waals surface area contributed by atoms with Crippen molar-refractivity contribution in [1.29, 1.82) is 0 Å². The van der Waals surface area contributed by atoms with Gasteiger partial charge in [-0.3, -0.25) is 9.69 Å². The Morgan fingerprint density at radius 2 is 1.96 bits per heavy atom. The van der Waals surface area contributed by atoms with Crippen LogP contribution in [0.1, 0.15) is 46.8 Å². The third kappa shape index (κ3) is 3.85. The molecule has 0 saturated heterocycles. The molecule has 1 aliphatic rings. The van der Waals surface area contributed by atoms with Gasteiger partial charge in [-0.1, -0.05) is 43.3 Å². The molecule has 3 rings (SSSR count). The lowest BCUT2D eigenvalue weighted by Crippen LogP contribution is -2.39. The summed E-state index contributed by atoms with van der Waals surface area (Å²) in [6.07, 6.45) is 4.41. The highest BCUT2D eigenvalue weighted by Gasteiger charge is 2.24. The van der Waals surface area contributed by atoms with Crippen molar-refractivity contribution in [3.8, 4) is 0 Å². The molecule has 0 saturated carbocycles. The van der Waals surface area contributed by atoms with Gasteiger partial charge in [0, 0.05) is 18.2 Å². The Hall–Kier alpha value is -2.13. The number of rotatable bonds is 6. The van der Waals surface area contributed by atoms with E-state index < -0.39 is 0 Å². The Morgan fingerprint density at radius 1 is 1.17 bits per heavy atom. The standard InChI is InChI=1S/C21H26N2O/c1-2-12-23(15-16-6-4-3-5-7-16)20-11-10-17-8-9-18(21(22)24)13-19(17)14-20/h3-9,13,20H,2,10-12,14-15H2,1H3,(H2,22,24)/t20-/m1/s1. The van der Waals surface area contributed by atoms with E-state index in [2.05, 4.69) is 48.2 Å². The molecule has 0 aromatic heterocycles. The number of benzene rings is 2. The highest BCUT2D eigenvalue weighted by Crippen LogP contribution is 2.26. The first kappa shape index (κ1) is 16.7. The molecule has 3 nitrogen and oxygen atoms in total. The Balaban J connectivity index is 1.77. The zero-order valence-electron chi connectivity index (χ0n) is 14.4. The summed E-state index contributed by atoms with van der Waals surface area (Å²) in [5, 5.41) is 0. The molecule has 3 heteroatoms. The molecular formula is C21H26N2O. The zero-order valence-corrected chi connectivity index (χ0v) is 14.4. The largest absolute Gasteiger partial charge is 0.366 e. The molecule has 0 aliphatic heterocycles. The van der Waals surface area contributed by atoms with E-state index in [0.29, 0.717) is 11.6 Å². The lowest BCUT2D eigenvalue weighted by molar-refractivity contribution is 0.1000. The number of nitrogens with zero attached hydrogens (tertiary/aromatic N) is 1. The molecule has 1 amide bonds. The van der Waals surface area contributed by atoms with Gasteiger partial charge in [-0.25, -0.2) is 0 Å². The fraction of sp³-hybridized carbons (Fsp3) is 0.381. The van der Waals surface area contributed by atoms with Gasteiger partial charge in [-0.2, -0.15) is 0 Å². The minimum absolute atomic E-state index is 0.338. The van der Waals surface area contributed by atoms with Crippen LogP contribution in [0.5, 0.6) is 0 Å². The summed E-state index contributed by atoms with van der Waals surface area (Å²) in [5.74, 6) is -0.338. The second-order valence-corrected chi connectivity index (χ2v) is 6.70. The van der Waals surface area contributed by atoms with Crippen molar-refractivity contribution >= 4 is 5.91 Å². The summed E-state index contributed by atoms with van der Waals surface area (Å²) >= 11 is 0. The van der Waals surface area contributed by atoms with Gasteiger partial charge in [-0.15, -0.1) is 0 Å². The van der Waals surface area contributed by atoms with Crippen molar-refractivity contribution < 1.29 is 4.79 Å². The molecule has 0 unspecified atom stereocenters. The monoisotopic (exact) mass is 322 g/mol. The van der Waals surface area contributed by atoms with Crippen LogP contribution in [-0.2, 0) is 19.4 Å². The van der Waals surface area contributed by atoms with E-state index in [4.69, 9.17) is 5.73 Å². The predicted molar refractivity (Wildman–Crippen MR) is 97.9 cm³/mol. The molecule has 2 aromatic rings. The predicted octanol–water partition coefficient (Wildman–Crippen LogP) is 3.56. The number of hydrogen-bond acceptors (Lipinski definition) is 2. The average Bonchev–Trinajstić information content (AvgIpc) is 2.61. The van der Waals surface area contributed by atoms with Crippen molar-refractivity contribution in [3.05, 3.63) is 70.8 Å². The number of nitrogens with two attached hydrogens (primary N) is 1. The van der Waals surface area contributed by atoms with Crippen molar-refractivity contribution in [2.24, 2.45) is 5.73 Å². The van der Waals surface area contributed by atoms with Crippen LogP contribution in [0.3, 0.4) is 0 Å². The minimum Gasteiger partial charge on any atom is -0.366 e. The van der Waals surface area contributed by atoms with E-state index in [1.807, 2.05) is 12.1 Å². The number of aryl methyl sites for hydroxylation is 1. The first-order valence-corrected chi connectivity index (χ1v) is 8.87. The third-order valence-corrected chi connectivity index (χ3v) is 4.95. The quantitative estimate of drug-likeness (QED) is 0.884. The van der Waals surface area contributed by atoms with Crippen molar-refractivity contribution in [2.75, 3.05) is 6.54 Å². The van der Waals surface area contributed by atoms with Gasteiger partial charge in [0.05, 0.1) is 0 Å². The van der Waals surface area contributed by atoms with Gasteiger partial charge in [0.1, 0.15) is 0 Å². The van der Waals surface area contributed by atoms with Gasteiger partial charge in [0.2, 0.25) is 5.91 Å². The second kappa shape index (κ2) is 7.63. The molecule has 0 heterocycles. The number of primary amides is 1. The normalized spacial score (nSPS) is 16.8. The smallest absolute Gasteiger partial charge is 0.248 e. The molecule has 1 aliphatic carbocycles. The summed E-state index contributed by atoms with van der Waals surface area (Å²) in [5.41, 5.74) is 10.1. The second-order valence-electron chi connectivity index (χ2n) is 6.70. The molecule has 0 bridgehead atoms. The van der Waals surface area contributed by atoms with E-state index in [0.717, 1.165) is 32.4 Å². The molecular weight excluding hydrogens is 296 g/mol. The van der Waals surface area contributed by atoms with Gasteiger partial charge in [-0.05, 0) is 61.1 Å². The number of hydrogen-bond donors (Lipinski definition) is 1. The van der Waals surface area contributed by atoms with E-state index in [1.165, 1.54) is 23.1 Å². The van der Waals surface area contributed by atoms with Gasteiger partial charge >= 0.3 is 0 Å². The number of amides is 1. The Labute approximate surface area is 144 Å². The van der Waals surface area contributed by atoms with E-state index in [9.17, 15) is 4.79 Å². The van der Waals surface area contributed by atoms with Crippen LogP contribution in [0.4, 0.5) is 0 Å². The Morgan fingerprint density at radius 3 is 2.67 bits per heavy atom. The van der Waals surface area contributed by atoms with E-state index >= 15 is 0 Å². The molecule has 0 spiro atoms. The SMILES string of the molecule is CCCN(Cc1ccccc1)[C@@H]1CCc2ccc(C(N)=O)cc2C1. The molecule has 0 fully saturated rings. The fourth-order valence-electron chi connectivity index (χ4n) is 3.70. The van der Waals surface area contributed by atoms with E-state index in [-0.39, 0.29) is 5.91 Å². The lowest BCUT2D eigenvalue weighted by Gasteiger charge is -2.35. The van der Waals surface area contributed by atoms with Crippen LogP contribution < -0.4 is 5.73 Å². The summed E-state index contributed by atoms with van der Waals surface area (Å²) in [6.45, 7) is 4.33. The van der Waals surface area contributed by atoms with Crippen LogP contribution in [0.2, 0.25) is 0 Å². The highest BCUT2D eigenvalue weighted by atomic mass is 16.1. The topological polar surface area (TPSA) is 46.3 Å². The summed E-state index contributed by atoms with van der Waals surface area (Å²) in [6, 6.07) is 17.1. The Kier molecular flexibility index (Phi) is 5.31. The summed E-state index contributed by atoms with van der Waals surface area (Å²) in [4.78, 5) is 14.1. The van der Waals surface area contributed by atoms with Crippen LogP contribution in [0.15, 0.2) is 48.5 Å². The van der Waals surface area contributed by atoms with Crippen molar-refractivity contribution in [3.63, 3.8) is 0 Å². The molecule has 0 radical (unpaired) electrons. The lowest BCUT2D eigenvalue weighted by atomic mass is 9.86. The van der Waals surface area contributed by atoms with Gasteiger partial charge in [0.25, 0.3) is 0 Å². The highest BCUT2D eigenvalue weighted by molar-refractivity contribution is 5.93. The first-order valence-electron chi connectivity index (χ1n) is 8.87. The van der Waals surface area contributed by atoms with Crippen LogP contribution in [-0.4, -0.2) is 23.4 Å². The number of carbonyl (C=O) groups is 1. The summed E-state index contributed by atoms with van der Waals surface area (Å²) in [7, 11) is 0. The maximum atomic E-state index is 11.5. The Bertz CT molecular complexity index is 696. The molecule has 24 heavy (non-hydrogen) atoms. The van der Waals surface area contributed by atoms with Crippen LogP contribution in [0.25, 0.3) is 0 Å². The maximum Gasteiger partial charge on any atom is 0.248 e.